The van der Waals surface area contributed by atoms with Crippen molar-refractivity contribution in [3.63, 3.8) is 0 Å². The first-order valence-corrected chi connectivity index (χ1v) is 6.83. The van der Waals surface area contributed by atoms with Gasteiger partial charge in [0.1, 0.15) is 6.04 Å². The van der Waals surface area contributed by atoms with E-state index < -0.39 is 17.9 Å². The van der Waals surface area contributed by atoms with Crippen molar-refractivity contribution in [3.8, 4) is 0 Å². The van der Waals surface area contributed by atoms with E-state index in [0.29, 0.717) is 24.1 Å². The molecule has 6 heteroatoms. The van der Waals surface area contributed by atoms with E-state index in [1.165, 1.54) is 0 Å². The predicted molar refractivity (Wildman–Crippen MR) is 77.1 cm³/mol. The van der Waals surface area contributed by atoms with Crippen LogP contribution in [0.1, 0.15) is 36.2 Å². The molecule has 1 aromatic carbocycles. The number of hydrogen-bond acceptors (Lipinski definition) is 3. The highest BCUT2D eigenvalue weighted by Crippen LogP contribution is 2.24. The second-order valence-corrected chi connectivity index (χ2v) is 5.59. The van der Waals surface area contributed by atoms with Gasteiger partial charge in [0.2, 0.25) is 5.91 Å². The molecule has 0 aromatic heterocycles. The molecule has 1 atom stereocenters. The molecule has 1 aliphatic rings. The van der Waals surface area contributed by atoms with Gasteiger partial charge in [0.25, 0.3) is 5.91 Å². The highest BCUT2D eigenvalue weighted by molar-refractivity contribution is 6.02. The zero-order valence-electron chi connectivity index (χ0n) is 12.0. The van der Waals surface area contributed by atoms with E-state index in [1.54, 1.807) is 18.2 Å². The summed E-state index contributed by atoms with van der Waals surface area (Å²) in [5, 5.41) is 14.3. The van der Waals surface area contributed by atoms with Gasteiger partial charge < -0.3 is 15.7 Å². The number of benzene rings is 1. The lowest BCUT2D eigenvalue weighted by Crippen LogP contribution is -2.41. The molecule has 0 fully saturated rings. The Morgan fingerprint density at radius 1 is 1.38 bits per heavy atom. The second-order valence-electron chi connectivity index (χ2n) is 5.59. The van der Waals surface area contributed by atoms with Gasteiger partial charge in [-0.1, -0.05) is 19.9 Å². The maximum Gasteiger partial charge on any atom is 0.326 e. The average Bonchev–Trinajstić information content (AvgIpc) is 2.76. The molecule has 0 radical (unpaired) electrons. The molecule has 21 heavy (non-hydrogen) atoms. The van der Waals surface area contributed by atoms with Crippen molar-refractivity contribution < 1.29 is 19.5 Å². The zero-order chi connectivity index (χ0) is 15.6. The summed E-state index contributed by atoms with van der Waals surface area (Å²) in [6, 6.07) is 3.97. The standard InChI is InChI=1S/C15H18N2O4/c1-8(2)5-12(15(20)21)17-14(19)10-4-3-9-7-13(18)16-11(9)6-10/h3-4,6,8,12H,5,7H2,1-2H3,(H,16,18)(H,17,19)(H,20,21). The van der Waals surface area contributed by atoms with Crippen LogP contribution in [0.15, 0.2) is 18.2 Å². The van der Waals surface area contributed by atoms with Crippen LogP contribution in [0.4, 0.5) is 5.69 Å². The topological polar surface area (TPSA) is 95.5 Å². The molecule has 0 saturated carbocycles. The van der Waals surface area contributed by atoms with Crippen LogP contribution in [-0.4, -0.2) is 28.9 Å². The number of anilines is 1. The third kappa shape index (κ3) is 3.59. The smallest absolute Gasteiger partial charge is 0.326 e. The summed E-state index contributed by atoms with van der Waals surface area (Å²) in [6.45, 7) is 3.79. The molecule has 3 N–H and O–H groups in total. The molecule has 0 aliphatic carbocycles. The number of aliphatic carboxylic acids is 1. The van der Waals surface area contributed by atoms with E-state index in [4.69, 9.17) is 5.11 Å². The van der Waals surface area contributed by atoms with E-state index in [0.717, 1.165) is 5.56 Å². The van der Waals surface area contributed by atoms with E-state index >= 15 is 0 Å². The van der Waals surface area contributed by atoms with Crippen LogP contribution in [0.25, 0.3) is 0 Å². The summed E-state index contributed by atoms with van der Waals surface area (Å²) >= 11 is 0. The number of hydrogen-bond donors (Lipinski definition) is 3. The molecule has 1 aliphatic heterocycles. The minimum Gasteiger partial charge on any atom is -0.480 e. The van der Waals surface area contributed by atoms with Crippen LogP contribution in [0.5, 0.6) is 0 Å². The number of rotatable bonds is 5. The number of nitrogens with one attached hydrogen (secondary N) is 2. The summed E-state index contributed by atoms with van der Waals surface area (Å²) in [5.74, 6) is -1.45. The fraction of sp³-hybridized carbons (Fsp3) is 0.400. The minimum atomic E-state index is -1.05. The Bertz CT molecular complexity index is 595. The third-order valence-electron chi connectivity index (χ3n) is 3.31. The quantitative estimate of drug-likeness (QED) is 0.764. The van der Waals surface area contributed by atoms with Gasteiger partial charge >= 0.3 is 5.97 Å². The number of carboxylic acids is 1. The lowest BCUT2D eigenvalue weighted by molar-refractivity contribution is -0.139. The fourth-order valence-electron chi connectivity index (χ4n) is 2.29. The van der Waals surface area contributed by atoms with Crippen LogP contribution in [0.3, 0.4) is 0 Å². The van der Waals surface area contributed by atoms with E-state index in [2.05, 4.69) is 10.6 Å². The monoisotopic (exact) mass is 290 g/mol. The molecule has 0 spiro atoms. The van der Waals surface area contributed by atoms with Gasteiger partial charge in [-0.2, -0.15) is 0 Å². The second kappa shape index (κ2) is 5.95. The van der Waals surface area contributed by atoms with Crippen molar-refractivity contribution in [2.24, 2.45) is 5.92 Å². The van der Waals surface area contributed by atoms with Gasteiger partial charge in [0, 0.05) is 11.3 Å². The maximum absolute atomic E-state index is 12.1. The van der Waals surface area contributed by atoms with Crippen molar-refractivity contribution in [3.05, 3.63) is 29.3 Å². The van der Waals surface area contributed by atoms with Gasteiger partial charge in [-0.05, 0) is 30.0 Å². The Hall–Kier alpha value is -2.37. The van der Waals surface area contributed by atoms with Gasteiger partial charge in [0.15, 0.2) is 0 Å². The molecule has 2 rings (SSSR count). The highest BCUT2D eigenvalue weighted by atomic mass is 16.4. The van der Waals surface area contributed by atoms with Crippen LogP contribution < -0.4 is 10.6 Å². The first kappa shape index (κ1) is 15.0. The minimum absolute atomic E-state index is 0.106. The Labute approximate surface area is 122 Å². The van der Waals surface area contributed by atoms with Gasteiger partial charge in [-0.15, -0.1) is 0 Å². The number of carbonyl (C=O) groups is 3. The lowest BCUT2D eigenvalue weighted by Gasteiger charge is -2.16. The van der Waals surface area contributed by atoms with Gasteiger partial charge in [0.05, 0.1) is 6.42 Å². The molecular weight excluding hydrogens is 272 g/mol. The SMILES string of the molecule is CC(C)CC(NC(=O)c1ccc2c(c1)NC(=O)C2)C(=O)O. The summed E-state index contributed by atoms with van der Waals surface area (Å²) in [7, 11) is 0. The molecule has 0 saturated heterocycles. The molecule has 1 aromatic rings. The molecule has 1 unspecified atom stereocenters. The Morgan fingerprint density at radius 2 is 2.10 bits per heavy atom. The lowest BCUT2D eigenvalue weighted by atomic mass is 10.0. The van der Waals surface area contributed by atoms with Gasteiger partial charge in [-0.3, -0.25) is 9.59 Å². The predicted octanol–water partition coefficient (Wildman–Crippen LogP) is 1.41. The highest BCUT2D eigenvalue weighted by Gasteiger charge is 2.23. The molecule has 2 amide bonds. The number of fused-ring (bicyclic) bond motifs is 1. The van der Waals surface area contributed by atoms with E-state index in [1.807, 2.05) is 13.8 Å². The zero-order valence-corrected chi connectivity index (χ0v) is 12.0. The molecule has 1 heterocycles. The largest absolute Gasteiger partial charge is 0.480 e. The molecular formula is C15H18N2O4. The summed E-state index contributed by atoms with van der Waals surface area (Å²) in [6.07, 6.45) is 0.672. The van der Waals surface area contributed by atoms with Crippen molar-refractivity contribution in [1.29, 1.82) is 0 Å². The molecule has 6 nitrogen and oxygen atoms in total. The van der Waals surface area contributed by atoms with Crippen LogP contribution in [0, 0.1) is 5.92 Å². The van der Waals surface area contributed by atoms with Crippen molar-refractivity contribution in [2.75, 3.05) is 5.32 Å². The molecule has 112 valence electrons. The van der Waals surface area contributed by atoms with Crippen molar-refractivity contribution in [2.45, 2.75) is 32.7 Å². The first-order chi connectivity index (χ1) is 9.86. The van der Waals surface area contributed by atoms with Crippen molar-refractivity contribution >= 4 is 23.5 Å². The number of carboxylic acid groups (broad SMARTS) is 1. The van der Waals surface area contributed by atoms with Crippen LogP contribution >= 0.6 is 0 Å². The normalized spacial score (nSPS) is 14.5. The summed E-state index contributed by atoms with van der Waals surface area (Å²) in [5.41, 5.74) is 1.79. The van der Waals surface area contributed by atoms with E-state index in [-0.39, 0.29) is 11.8 Å². The fourth-order valence-corrected chi connectivity index (χ4v) is 2.29. The number of amides is 2. The maximum atomic E-state index is 12.1. The number of carbonyl (C=O) groups excluding carboxylic acids is 2. The Morgan fingerprint density at radius 3 is 2.71 bits per heavy atom. The first-order valence-electron chi connectivity index (χ1n) is 6.83. The van der Waals surface area contributed by atoms with Crippen LogP contribution in [0.2, 0.25) is 0 Å². The summed E-state index contributed by atoms with van der Waals surface area (Å²) < 4.78 is 0. The Balaban J connectivity index is 2.11. The average molecular weight is 290 g/mol. The molecule has 0 bridgehead atoms. The van der Waals surface area contributed by atoms with Gasteiger partial charge in [-0.25, -0.2) is 4.79 Å². The van der Waals surface area contributed by atoms with Crippen LogP contribution in [-0.2, 0) is 16.0 Å². The van der Waals surface area contributed by atoms with E-state index in [9.17, 15) is 14.4 Å². The summed E-state index contributed by atoms with van der Waals surface area (Å²) in [4.78, 5) is 34.6. The Kier molecular flexibility index (Phi) is 4.26. The third-order valence-corrected chi connectivity index (χ3v) is 3.31. The van der Waals surface area contributed by atoms with Crippen molar-refractivity contribution in [1.82, 2.24) is 5.32 Å².